The van der Waals surface area contributed by atoms with Gasteiger partial charge in [-0.25, -0.2) is 0 Å². The summed E-state index contributed by atoms with van der Waals surface area (Å²) in [5, 5.41) is 0. The van der Waals surface area contributed by atoms with Crippen LogP contribution < -0.4 is 0 Å². The Balaban J connectivity index is 1.46. The molecule has 83 heavy (non-hydrogen) atoms. The third kappa shape index (κ3) is 12.1. The average Bonchev–Trinajstić information content (AvgIpc) is 1.10. The van der Waals surface area contributed by atoms with Gasteiger partial charge in [0.25, 0.3) is 9.03 Å². The smallest absolute Gasteiger partial charge is 0.274 e. The number of benzene rings is 6. The molecule has 0 aromatic heterocycles. The van der Waals surface area contributed by atoms with Crippen LogP contribution in [0.5, 0.6) is 0 Å². The molecule has 8 rings (SSSR count). The van der Waals surface area contributed by atoms with Crippen LogP contribution in [0.15, 0.2) is 181 Å². The summed E-state index contributed by atoms with van der Waals surface area (Å²) >= 11 is 0. The second-order valence-corrected chi connectivity index (χ2v) is 33.0. The first-order valence-electron chi connectivity index (χ1n) is 30.8. The topological polar surface area (TPSA) is 18.5 Å². The summed E-state index contributed by atoms with van der Waals surface area (Å²) in [6.45, 7) is 57.2. The summed E-state index contributed by atoms with van der Waals surface area (Å²) in [6.07, 6.45) is 14.2. The summed E-state index contributed by atoms with van der Waals surface area (Å²) in [5.41, 5.74) is 15.4. The van der Waals surface area contributed by atoms with E-state index in [1.54, 1.807) is 0 Å². The molecule has 0 amide bonds. The molecule has 2 aliphatic rings. The van der Waals surface area contributed by atoms with Crippen LogP contribution >= 0.6 is 9.03 Å². The van der Waals surface area contributed by atoms with Crippen LogP contribution in [0.2, 0.25) is 0 Å². The molecule has 0 saturated heterocycles. The van der Waals surface area contributed by atoms with Crippen LogP contribution in [0.1, 0.15) is 256 Å². The third-order valence-corrected chi connectivity index (χ3v) is 18.4. The highest BCUT2D eigenvalue weighted by Gasteiger charge is 2.54. The average molecular weight is 1130 g/mol. The van der Waals surface area contributed by atoms with Crippen LogP contribution in [0.4, 0.5) is 0 Å². The summed E-state index contributed by atoms with van der Waals surface area (Å²) in [4.78, 5) is 0. The Morgan fingerprint density at radius 2 is 0.518 bits per heavy atom. The van der Waals surface area contributed by atoms with Crippen molar-refractivity contribution in [2.45, 2.75) is 232 Å². The quantitative estimate of drug-likeness (QED) is 0.127. The molecule has 0 heterocycles. The van der Waals surface area contributed by atoms with Gasteiger partial charge in [0.05, 0.1) is 22.7 Å². The fraction of sp³-hybridized carbons (Fsp3) is 0.450. The Kier molecular flexibility index (Phi) is 17.0. The van der Waals surface area contributed by atoms with Gasteiger partial charge in [0.1, 0.15) is 11.5 Å². The molecule has 4 unspecified atom stereocenters. The van der Waals surface area contributed by atoms with E-state index >= 15 is 0 Å². The normalized spacial score (nSPS) is 20.4. The van der Waals surface area contributed by atoms with Gasteiger partial charge in [-0.3, -0.25) is 0 Å². The fourth-order valence-electron chi connectivity index (χ4n) is 14.0. The van der Waals surface area contributed by atoms with Gasteiger partial charge in [0.15, 0.2) is 0 Å². The van der Waals surface area contributed by atoms with E-state index in [-0.39, 0.29) is 64.2 Å². The van der Waals surface area contributed by atoms with E-state index < -0.39 is 10.8 Å². The first kappa shape index (κ1) is 63.3. The van der Waals surface area contributed by atoms with Gasteiger partial charge in [0, 0.05) is 0 Å². The highest BCUT2D eigenvalue weighted by atomic mass is 31.1. The van der Waals surface area contributed by atoms with Crippen LogP contribution in [0.25, 0.3) is 0 Å². The van der Waals surface area contributed by atoms with Gasteiger partial charge in [-0.05, 0) is 133 Å². The van der Waals surface area contributed by atoms with Gasteiger partial charge in [-0.1, -0.05) is 324 Å². The second-order valence-electron chi connectivity index (χ2n) is 32.5. The van der Waals surface area contributed by atoms with Gasteiger partial charge in [0.2, 0.25) is 0 Å². The van der Waals surface area contributed by atoms with E-state index in [0.717, 1.165) is 11.5 Å². The zero-order valence-electron chi connectivity index (χ0n) is 55.6. The molecule has 0 fully saturated rings. The maximum atomic E-state index is 7.80. The third-order valence-electron chi connectivity index (χ3n) is 17.8. The maximum Gasteiger partial charge on any atom is 0.274 e. The molecule has 440 valence electrons. The lowest BCUT2D eigenvalue weighted by Crippen LogP contribution is -2.42. The fourth-order valence-corrected chi connectivity index (χ4v) is 14.6. The summed E-state index contributed by atoms with van der Waals surface area (Å²) in [7, 11) is -0.387. The van der Waals surface area contributed by atoms with E-state index in [0.29, 0.717) is 0 Å². The molecule has 0 spiro atoms. The van der Waals surface area contributed by atoms with Crippen molar-refractivity contribution < 1.29 is 9.05 Å². The summed E-state index contributed by atoms with van der Waals surface area (Å²) < 4.78 is 15.6. The molecule has 0 aliphatic heterocycles. The van der Waals surface area contributed by atoms with Crippen LogP contribution in [-0.2, 0) is 63.2 Å². The minimum Gasteiger partial charge on any atom is -0.444 e. The van der Waals surface area contributed by atoms with Crippen molar-refractivity contribution in [1.82, 2.24) is 0 Å². The standard InChI is InChI=1S/C80H103O2P/c1-71(2,3)55-41-31-42-56(72(4,5)6)65(55)69-63(49-35-51-79(69,53-37-27-25-28-38-53)67-59(75(13,14)15)45-33-46-60(67)76(16,17)18)81-83-82-64-50-36-52-80(54-39-29-26-30-40-54,68-61(77(19,20)21)47-34-48-62(68)78(22,23)24)70(64)66-57(73(7,8)9)43-32-44-58(66)74(10,11)12/h25-52,69-70,83H,1-24H3. The SMILES string of the molecule is CC(C)(C)c1cccc(C(C)(C)C)c1C1C(OPOC2=CC=CC(c3ccccc3)(c3c(C(C)(C)C)cccc3C(C)(C)C)C2c2c(C(C)(C)C)cccc2C(C)(C)C)=CC=CC1(c1ccccc1)c1c(C(C)(C)C)cccc1C(C)(C)C. The van der Waals surface area contributed by atoms with E-state index in [1.165, 1.54) is 77.9 Å². The molecule has 4 atom stereocenters. The molecule has 0 bridgehead atoms. The van der Waals surface area contributed by atoms with Crippen LogP contribution in [-0.4, -0.2) is 0 Å². The molecule has 3 heteroatoms. The molecule has 2 nitrogen and oxygen atoms in total. The highest BCUT2D eigenvalue weighted by Crippen LogP contribution is 2.62. The monoisotopic (exact) mass is 1130 g/mol. The van der Waals surface area contributed by atoms with E-state index in [9.17, 15) is 0 Å². The molecule has 0 N–H and O–H groups in total. The Hall–Kier alpha value is -5.69. The van der Waals surface area contributed by atoms with Gasteiger partial charge in [-0.15, -0.1) is 0 Å². The Bertz CT molecular complexity index is 3070. The first-order chi connectivity index (χ1) is 38.3. The number of rotatable bonds is 10. The predicted molar refractivity (Wildman–Crippen MR) is 360 cm³/mol. The molecule has 0 radical (unpaired) electrons. The number of allylic oxidation sites excluding steroid dienone is 8. The molecule has 0 saturated carbocycles. The predicted octanol–water partition coefficient (Wildman–Crippen LogP) is 22.4. The van der Waals surface area contributed by atoms with Crippen LogP contribution in [0, 0.1) is 0 Å². The van der Waals surface area contributed by atoms with E-state index in [1.807, 2.05) is 0 Å². The van der Waals surface area contributed by atoms with E-state index in [2.05, 4.69) is 336 Å². The first-order valence-corrected chi connectivity index (χ1v) is 31.7. The van der Waals surface area contributed by atoms with Gasteiger partial charge >= 0.3 is 0 Å². The van der Waals surface area contributed by atoms with Crippen molar-refractivity contribution >= 4 is 9.03 Å². The molecule has 6 aromatic rings. The number of hydrogen-bond acceptors (Lipinski definition) is 2. The van der Waals surface area contributed by atoms with Crippen molar-refractivity contribution in [2.24, 2.45) is 0 Å². The van der Waals surface area contributed by atoms with Gasteiger partial charge in [-0.2, -0.15) is 0 Å². The van der Waals surface area contributed by atoms with Gasteiger partial charge < -0.3 is 9.05 Å². The zero-order valence-corrected chi connectivity index (χ0v) is 56.6. The lowest BCUT2D eigenvalue weighted by molar-refractivity contribution is 0.298. The van der Waals surface area contributed by atoms with E-state index in [4.69, 9.17) is 9.05 Å². The maximum absolute atomic E-state index is 7.80. The summed E-state index contributed by atoms with van der Waals surface area (Å²) in [6, 6.07) is 51.1. The zero-order chi connectivity index (χ0) is 61.3. The Morgan fingerprint density at radius 1 is 0.289 bits per heavy atom. The van der Waals surface area contributed by atoms with Crippen molar-refractivity contribution in [3.05, 3.63) is 259 Å². The number of hydrogen-bond donors (Lipinski definition) is 0. The second kappa shape index (κ2) is 22.3. The molecular formula is C80H103O2P. The molecule has 2 aliphatic carbocycles. The summed E-state index contributed by atoms with van der Waals surface area (Å²) in [5.74, 6) is 1.19. The lowest BCUT2D eigenvalue weighted by Gasteiger charge is -2.49. The molecule has 6 aromatic carbocycles. The lowest BCUT2D eigenvalue weighted by atomic mass is 9.54. The minimum atomic E-state index is -0.727. The Morgan fingerprint density at radius 3 is 0.747 bits per heavy atom. The van der Waals surface area contributed by atoms with Crippen molar-refractivity contribution in [3.8, 4) is 0 Å². The van der Waals surface area contributed by atoms with Crippen molar-refractivity contribution in [3.63, 3.8) is 0 Å². The van der Waals surface area contributed by atoms with Crippen LogP contribution in [0.3, 0.4) is 0 Å². The van der Waals surface area contributed by atoms with Crippen molar-refractivity contribution in [2.75, 3.05) is 0 Å². The Labute approximate surface area is 506 Å². The highest BCUT2D eigenvalue weighted by molar-refractivity contribution is 7.26. The largest absolute Gasteiger partial charge is 0.444 e. The molecular weight excluding hydrogens is 1020 g/mol. The van der Waals surface area contributed by atoms with Crippen molar-refractivity contribution in [1.29, 1.82) is 0 Å². The minimum absolute atomic E-state index is 0.199.